The fourth-order valence-corrected chi connectivity index (χ4v) is 4.40. The molecule has 3 nitrogen and oxygen atoms in total. The van der Waals surface area contributed by atoms with Gasteiger partial charge in [-0.2, -0.15) is 0 Å². The molecule has 2 aromatic carbocycles. The van der Waals surface area contributed by atoms with Crippen LogP contribution in [0.15, 0.2) is 30.3 Å². The summed E-state index contributed by atoms with van der Waals surface area (Å²) < 4.78 is 5.87. The lowest BCUT2D eigenvalue weighted by Crippen LogP contribution is -2.10. The van der Waals surface area contributed by atoms with Crippen LogP contribution in [0.5, 0.6) is 5.75 Å². The highest BCUT2D eigenvalue weighted by Gasteiger charge is 2.21. The number of carbonyl (C=O) groups is 1. The number of anilines is 1. The Morgan fingerprint density at radius 1 is 1.08 bits per heavy atom. The van der Waals surface area contributed by atoms with Crippen molar-refractivity contribution in [2.24, 2.45) is 0 Å². The Morgan fingerprint density at radius 3 is 2.50 bits per heavy atom. The summed E-state index contributed by atoms with van der Waals surface area (Å²) in [5.74, 6) is 0.148. The average molecular weight is 421 g/mol. The van der Waals surface area contributed by atoms with Gasteiger partial charge in [-0.25, -0.2) is 0 Å². The van der Waals surface area contributed by atoms with Gasteiger partial charge in [0.25, 0.3) is 5.91 Å². The number of benzene rings is 2. The molecule has 0 atom stereocenters. The Kier molecular flexibility index (Phi) is 5.13. The molecule has 0 aliphatic heterocycles. The molecule has 0 fully saturated rings. The van der Waals surface area contributed by atoms with Gasteiger partial charge >= 0.3 is 0 Å². The number of ether oxygens (including phenoxy) is 1. The molecular formula is C16H9Cl4NO2S. The predicted molar refractivity (Wildman–Crippen MR) is 103 cm³/mol. The van der Waals surface area contributed by atoms with Gasteiger partial charge in [0, 0.05) is 10.4 Å². The van der Waals surface area contributed by atoms with E-state index in [1.165, 1.54) is 18.4 Å². The SMILES string of the molecule is COc1ccc2c(Cl)c(C(=O)Nc3ccc(Cl)cc3Cl)sc2c1Cl. The first kappa shape index (κ1) is 17.6. The smallest absolute Gasteiger partial charge is 0.267 e. The lowest BCUT2D eigenvalue weighted by Gasteiger charge is -2.06. The van der Waals surface area contributed by atoms with Crippen LogP contribution >= 0.6 is 57.7 Å². The van der Waals surface area contributed by atoms with E-state index in [-0.39, 0.29) is 5.91 Å². The molecule has 0 bridgehead atoms. The van der Waals surface area contributed by atoms with Crippen molar-refractivity contribution in [2.75, 3.05) is 12.4 Å². The summed E-state index contributed by atoms with van der Waals surface area (Å²) in [5.41, 5.74) is 0.447. The third kappa shape index (κ3) is 3.17. The summed E-state index contributed by atoms with van der Waals surface area (Å²) in [5, 5.41) is 5.00. The number of rotatable bonds is 3. The van der Waals surface area contributed by atoms with Crippen molar-refractivity contribution in [1.29, 1.82) is 0 Å². The van der Waals surface area contributed by atoms with Crippen molar-refractivity contribution in [3.8, 4) is 5.75 Å². The van der Waals surface area contributed by atoms with E-state index in [4.69, 9.17) is 51.1 Å². The molecule has 0 aliphatic rings. The number of amides is 1. The van der Waals surface area contributed by atoms with Crippen LogP contribution in [0.25, 0.3) is 10.1 Å². The number of fused-ring (bicyclic) bond motifs is 1. The zero-order chi connectivity index (χ0) is 17.4. The molecule has 1 heterocycles. The second kappa shape index (κ2) is 6.98. The number of carbonyl (C=O) groups excluding carboxylic acids is 1. The Balaban J connectivity index is 2.01. The van der Waals surface area contributed by atoms with E-state index in [0.717, 1.165) is 0 Å². The molecule has 0 saturated carbocycles. The van der Waals surface area contributed by atoms with E-state index in [1.54, 1.807) is 30.3 Å². The van der Waals surface area contributed by atoms with Gasteiger partial charge in [0.2, 0.25) is 0 Å². The normalized spacial score (nSPS) is 10.9. The predicted octanol–water partition coefficient (Wildman–Crippen LogP) is 6.78. The first-order valence-electron chi connectivity index (χ1n) is 6.63. The molecule has 8 heteroatoms. The van der Waals surface area contributed by atoms with Crippen LogP contribution in [0, 0.1) is 0 Å². The van der Waals surface area contributed by atoms with Crippen LogP contribution in [0.3, 0.4) is 0 Å². The molecule has 0 saturated heterocycles. The summed E-state index contributed by atoms with van der Waals surface area (Å²) in [6, 6.07) is 8.29. The summed E-state index contributed by atoms with van der Waals surface area (Å²) >= 11 is 25.8. The fourth-order valence-electron chi connectivity index (χ4n) is 2.15. The van der Waals surface area contributed by atoms with Crippen LogP contribution in [0.4, 0.5) is 5.69 Å². The highest BCUT2D eigenvalue weighted by Crippen LogP contribution is 2.43. The third-order valence-electron chi connectivity index (χ3n) is 3.31. The van der Waals surface area contributed by atoms with E-state index in [0.29, 0.717) is 46.5 Å². The molecule has 0 unspecified atom stereocenters. The van der Waals surface area contributed by atoms with Gasteiger partial charge < -0.3 is 10.1 Å². The summed E-state index contributed by atoms with van der Waals surface area (Å²) in [6.45, 7) is 0. The van der Waals surface area contributed by atoms with Gasteiger partial charge in [0.1, 0.15) is 15.6 Å². The monoisotopic (exact) mass is 419 g/mol. The minimum Gasteiger partial charge on any atom is -0.495 e. The number of methoxy groups -OCH3 is 1. The number of nitrogens with one attached hydrogen (secondary N) is 1. The lowest BCUT2D eigenvalue weighted by atomic mass is 10.2. The highest BCUT2D eigenvalue weighted by atomic mass is 35.5. The van der Waals surface area contributed by atoms with Gasteiger partial charge in [-0.05, 0) is 30.3 Å². The quantitative estimate of drug-likeness (QED) is 0.507. The molecule has 0 aliphatic carbocycles. The van der Waals surface area contributed by atoms with Crippen molar-refractivity contribution in [3.05, 3.63) is 55.3 Å². The molecule has 1 N–H and O–H groups in total. The van der Waals surface area contributed by atoms with E-state index in [2.05, 4.69) is 5.32 Å². The minimum absolute atomic E-state index is 0.335. The van der Waals surface area contributed by atoms with Crippen molar-refractivity contribution in [3.63, 3.8) is 0 Å². The molecule has 124 valence electrons. The summed E-state index contributed by atoms with van der Waals surface area (Å²) in [4.78, 5) is 12.9. The number of halogens is 4. The van der Waals surface area contributed by atoms with E-state index < -0.39 is 0 Å². The molecule has 1 aromatic heterocycles. The van der Waals surface area contributed by atoms with Crippen LogP contribution in [0.2, 0.25) is 20.1 Å². The van der Waals surface area contributed by atoms with Gasteiger partial charge in [-0.1, -0.05) is 46.4 Å². The number of hydrogen-bond donors (Lipinski definition) is 1. The maximum atomic E-state index is 12.6. The summed E-state index contributed by atoms with van der Waals surface area (Å²) in [6.07, 6.45) is 0. The largest absolute Gasteiger partial charge is 0.495 e. The molecule has 24 heavy (non-hydrogen) atoms. The van der Waals surface area contributed by atoms with Gasteiger partial charge in [-0.3, -0.25) is 4.79 Å². The standard InChI is InChI=1S/C16H9Cl4NO2S/c1-23-11-5-3-8-12(19)15(24-14(8)13(11)20)16(22)21-10-4-2-7(17)6-9(10)18/h2-6H,1H3,(H,21,22). The second-order valence-corrected chi connectivity index (χ2v) is 7.40. The van der Waals surface area contributed by atoms with Crippen molar-refractivity contribution >= 4 is 79.4 Å². The molecule has 0 radical (unpaired) electrons. The molecule has 3 aromatic rings. The van der Waals surface area contributed by atoms with Crippen molar-refractivity contribution < 1.29 is 9.53 Å². The maximum Gasteiger partial charge on any atom is 0.267 e. The Hall–Kier alpha value is -1.17. The topological polar surface area (TPSA) is 38.3 Å². The van der Waals surface area contributed by atoms with Crippen LogP contribution < -0.4 is 10.1 Å². The van der Waals surface area contributed by atoms with Crippen molar-refractivity contribution in [1.82, 2.24) is 0 Å². The third-order valence-corrected chi connectivity index (χ3v) is 6.07. The number of thiophene rings is 1. The molecule has 0 spiro atoms. The molecule has 3 rings (SSSR count). The first-order chi connectivity index (χ1) is 11.4. The van der Waals surface area contributed by atoms with Gasteiger partial charge in [-0.15, -0.1) is 11.3 Å². The average Bonchev–Trinajstić information content (AvgIpc) is 2.88. The second-order valence-electron chi connectivity index (χ2n) is 4.78. The Labute approximate surface area is 162 Å². The van der Waals surface area contributed by atoms with Gasteiger partial charge in [0.15, 0.2) is 0 Å². The number of hydrogen-bond acceptors (Lipinski definition) is 3. The van der Waals surface area contributed by atoms with Crippen LogP contribution in [-0.2, 0) is 0 Å². The maximum absolute atomic E-state index is 12.6. The zero-order valence-corrected chi connectivity index (χ0v) is 16.0. The van der Waals surface area contributed by atoms with Crippen molar-refractivity contribution in [2.45, 2.75) is 0 Å². The van der Waals surface area contributed by atoms with E-state index in [9.17, 15) is 4.79 Å². The van der Waals surface area contributed by atoms with Gasteiger partial charge in [0.05, 0.1) is 27.5 Å². The molecular weight excluding hydrogens is 412 g/mol. The Morgan fingerprint density at radius 2 is 1.83 bits per heavy atom. The summed E-state index contributed by atoms with van der Waals surface area (Å²) in [7, 11) is 1.53. The first-order valence-corrected chi connectivity index (χ1v) is 8.96. The Bertz CT molecular complexity index is 955. The van der Waals surface area contributed by atoms with E-state index >= 15 is 0 Å². The zero-order valence-electron chi connectivity index (χ0n) is 12.1. The minimum atomic E-state index is -0.375. The lowest BCUT2D eigenvalue weighted by molar-refractivity contribution is 0.103. The van der Waals surface area contributed by atoms with E-state index in [1.807, 2.05) is 0 Å². The molecule has 1 amide bonds. The van der Waals surface area contributed by atoms with Crippen LogP contribution in [0.1, 0.15) is 9.67 Å². The highest BCUT2D eigenvalue weighted by molar-refractivity contribution is 7.22. The van der Waals surface area contributed by atoms with Crippen LogP contribution in [-0.4, -0.2) is 13.0 Å². The fraction of sp³-hybridized carbons (Fsp3) is 0.0625.